The summed E-state index contributed by atoms with van der Waals surface area (Å²) >= 11 is 0. The summed E-state index contributed by atoms with van der Waals surface area (Å²) in [6.45, 7) is 2.58. The number of rotatable bonds is 6. The molecular weight excluding hydrogens is 340 g/mol. The summed E-state index contributed by atoms with van der Waals surface area (Å²) in [5.74, 6) is 1.66. The van der Waals surface area contributed by atoms with Crippen LogP contribution >= 0.6 is 0 Å². The molecule has 0 bridgehead atoms. The van der Waals surface area contributed by atoms with Crippen LogP contribution in [0.15, 0.2) is 60.7 Å². The van der Waals surface area contributed by atoms with Crippen molar-refractivity contribution in [3.63, 3.8) is 0 Å². The first-order valence-corrected chi connectivity index (χ1v) is 8.62. The molecule has 1 N–H and O–H groups in total. The van der Waals surface area contributed by atoms with Crippen LogP contribution in [0.4, 0.5) is 17.3 Å². The second kappa shape index (κ2) is 8.31. The third-order valence-corrected chi connectivity index (χ3v) is 4.07. The van der Waals surface area contributed by atoms with Crippen molar-refractivity contribution in [3.05, 3.63) is 77.6 Å². The molecule has 6 nitrogen and oxygen atoms in total. The van der Waals surface area contributed by atoms with E-state index in [0.29, 0.717) is 22.9 Å². The van der Waals surface area contributed by atoms with Gasteiger partial charge >= 0.3 is 5.97 Å². The van der Waals surface area contributed by atoms with Gasteiger partial charge in [0.05, 0.1) is 18.4 Å². The van der Waals surface area contributed by atoms with Gasteiger partial charge in [-0.3, -0.25) is 0 Å². The fourth-order valence-corrected chi connectivity index (χ4v) is 2.77. The zero-order chi connectivity index (χ0) is 19.2. The van der Waals surface area contributed by atoms with Gasteiger partial charge in [-0.15, -0.1) is 0 Å². The van der Waals surface area contributed by atoms with E-state index >= 15 is 0 Å². The van der Waals surface area contributed by atoms with Gasteiger partial charge in [0.2, 0.25) is 0 Å². The van der Waals surface area contributed by atoms with Gasteiger partial charge in [-0.25, -0.2) is 14.8 Å². The summed E-state index contributed by atoms with van der Waals surface area (Å²) < 4.78 is 4.85. The maximum absolute atomic E-state index is 12.0. The lowest BCUT2D eigenvalue weighted by Gasteiger charge is -2.20. The zero-order valence-corrected chi connectivity index (χ0v) is 15.6. The standard InChI is InChI=1S/C21H22N4O2/c1-15-22-19(24-18-12-8-7-11-17(18)21(26)27-3)13-20(23-15)25(2)14-16-9-5-4-6-10-16/h4-13H,14H2,1-3H3,(H,22,23,24). The lowest BCUT2D eigenvalue weighted by molar-refractivity contribution is 0.0602. The number of methoxy groups -OCH3 is 1. The van der Waals surface area contributed by atoms with E-state index in [1.807, 2.05) is 50.4 Å². The molecule has 2 aromatic carbocycles. The molecule has 0 saturated carbocycles. The monoisotopic (exact) mass is 362 g/mol. The smallest absolute Gasteiger partial charge is 0.339 e. The van der Waals surface area contributed by atoms with E-state index in [-0.39, 0.29) is 0 Å². The minimum Gasteiger partial charge on any atom is -0.465 e. The first-order chi connectivity index (χ1) is 13.1. The molecule has 6 heteroatoms. The van der Waals surface area contributed by atoms with E-state index in [1.54, 1.807) is 12.1 Å². The number of hydrogen-bond acceptors (Lipinski definition) is 6. The van der Waals surface area contributed by atoms with Crippen molar-refractivity contribution in [3.8, 4) is 0 Å². The van der Waals surface area contributed by atoms with Crippen LogP contribution in [0.1, 0.15) is 21.7 Å². The maximum Gasteiger partial charge on any atom is 0.339 e. The van der Waals surface area contributed by atoms with Crippen LogP contribution in [0, 0.1) is 6.92 Å². The Morgan fingerprint density at radius 3 is 2.52 bits per heavy atom. The van der Waals surface area contributed by atoms with Gasteiger partial charge in [0.1, 0.15) is 17.5 Å². The van der Waals surface area contributed by atoms with E-state index in [2.05, 4.69) is 32.3 Å². The summed E-state index contributed by atoms with van der Waals surface area (Å²) in [6, 6.07) is 19.2. The highest BCUT2D eigenvalue weighted by atomic mass is 16.5. The van der Waals surface area contributed by atoms with Gasteiger partial charge in [0.15, 0.2) is 0 Å². The summed E-state index contributed by atoms with van der Waals surface area (Å²) in [7, 11) is 3.35. The van der Waals surface area contributed by atoms with Crippen molar-refractivity contribution in [2.75, 3.05) is 24.4 Å². The Kier molecular flexibility index (Phi) is 5.66. The zero-order valence-electron chi connectivity index (χ0n) is 15.6. The third-order valence-electron chi connectivity index (χ3n) is 4.07. The molecular formula is C21H22N4O2. The number of nitrogens with zero attached hydrogens (tertiary/aromatic N) is 3. The summed E-state index contributed by atoms with van der Waals surface area (Å²) in [6.07, 6.45) is 0. The van der Waals surface area contributed by atoms with Crippen molar-refractivity contribution < 1.29 is 9.53 Å². The van der Waals surface area contributed by atoms with Crippen LogP contribution in [-0.4, -0.2) is 30.1 Å². The number of nitrogens with one attached hydrogen (secondary N) is 1. The Hall–Kier alpha value is -3.41. The summed E-state index contributed by atoms with van der Waals surface area (Å²) in [4.78, 5) is 23.0. The van der Waals surface area contributed by atoms with Gasteiger partial charge < -0.3 is 15.0 Å². The fourth-order valence-electron chi connectivity index (χ4n) is 2.77. The van der Waals surface area contributed by atoms with Crippen LogP contribution in [0.5, 0.6) is 0 Å². The lowest BCUT2D eigenvalue weighted by atomic mass is 10.2. The Labute approximate surface area is 158 Å². The van der Waals surface area contributed by atoms with Crippen LogP contribution in [0.3, 0.4) is 0 Å². The topological polar surface area (TPSA) is 67.3 Å². The number of aryl methyl sites for hydroxylation is 1. The number of carbonyl (C=O) groups is 1. The molecule has 1 aromatic heterocycles. The number of anilines is 3. The predicted molar refractivity (Wildman–Crippen MR) is 106 cm³/mol. The van der Waals surface area contributed by atoms with E-state index in [9.17, 15) is 4.79 Å². The molecule has 0 amide bonds. The van der Waals surface area contributed by atoms with Gasteiger partial charge in [-0.05, 0) is 24.6 Å². The molecule has 0 unspecified atom stereocenters. The highest BCUT2D eigenvalue weighted by Gasteiger charge is 2.13. The Morgan fingerprint density at radius 1 is 1.07 bits per heavy atom. The Balaban J connectivity index is 1.85. The van der Waals surface area contributed by atoms with Gasteiger partial charge in [0.25, 0.3) is 0 Å². The molecule has 0 aliphatic heterocycles. The van der Waals surface area contributed by atoms with Crippen molar-refractivity contribution in [2.45, 2.75) is 13.5 Å². The average Bonchev–Trinajstić information content (AvgIpc) is 2.68. The first-order valence-electron chi connectivity index (χ1n) is 8.62. The van der Waals surface area contributed by atoms with E-state index in [4.69, 9.17) is 4.74 Å². The van der Waals surface area contributed by atoms with Crippen LogP contribution in [-0.2, 0) is 11.3 Å². The van der Waals surface area contributed by atoms with Crippen LogP contribution in [0.25, 0.3) is 0 Å². The van der Waals surface area contributed by atoms with Crippen LogP contribution in [0.2, 0.25) is 0 Å². The number of benzene rings is 2. The maximum atomic E-state index is 12.0. The molecule has 0 spiro atoms. The molecule has 3 aromatic rings. The number of hydrogen-bond donors (Lipinski definition) is 1. The number of esters is 1. The van der Waals surface area contributed by atoms with Gasteiger partial charge in [0, 0.05) is 19.7 Å². The molecule has 0 atom stereocenters. The quantitative estimate of drug-likeness (QED) is 0.670. The van der Waals surface area contributed by atoms with Crippen LogP contribution < -0.4 is 10.2 Å². The highest BCUT2D eigenvalue weighted by molar-refractivity contribution is 5.96. The van der Waals surface area contributed by atoms with Crippen molar-refractivity contribution in [1.82, 2.24) is 9.97 Å². The third kappa shape index (κ3) is 4.61. The summed E-state index contributed by atoms with van der Waals surface area (Å²) in [5, 5.41) is 3.21. The molecule has 0 saturated heterocycles. The SMILES string of the molecule is COC(=O)c1ccccc1Nc1cc(N(C)Cc2ccccc2)nc(C)n1. The first kappa shape index (κ1) is 18.4. The molecule has 138 valence electrons. The Morgan fingerprint density at radius 2 is 1.78 bits per heavy atom. The van der Waals surface area contributed by atoms with Crippen molar-refractivity contribution in [2.24, 2.45) is 0 Å². The molecule has 0 radical (unpaired) electrons. The number of para-hydroxylation sites is 1. The van der Waals surface area contributed by atoms with E-state index < -0.39 is 5.97 Å². The molecule has 3 rings (SSSR count). The van der Waals surface area contributed by atoms with Crippen molar-refractivity contribution in [1.29, 1.82) is 0 Å². The lowest BCUT2D eigenvalue weighted by Crippen LogP contribution is -2.18. The molecule has 1 heterocycles. The average molecular weight is 362 g/mol. The second-order valence-electron chi connectivity index (χ2n) is 6.16. The molecule has 0 aliphatic carbocycles. The van der Waals surface area contributed by atoms with Gasteiger partial charge in [-0.1, -0.05) is 42.5 Å². The fraction of sp³-hybridized carbons (Fsp3) is 0.190. The second-order valence-corrected chi connectivity index (χ2v) is 6.16. The minimum absolute atomic E-state index is 0.398. The largest absolute Gasteiger partial charge is 0.465 e. The van der Waals surface area contributed by atoms with E-state index in [1.165, 1.54) is 12.7 Å². The predicted octanol–water partition coefficient (Wildman–Crippen LogP) is 3.95. The van der Waals surface area contributed by atoms with Crippen molar-refractivity contribution >= 4 is 23.3 Å². The molecule has 27 heavy (non-hydrogen) atoms. The van der Waals surface area contributed by atoms with E-state index in [0.717, 1.165) is 12.4 Å². The normalized spacial score (nSPS) is 10.3. The molecule has 0 aliphatic rings. The number of carbonyl (C=O) groups excluding carboxylic acids is 1. The Bertz CT molecular complexity index is 928. The summed E-state index contributed by atoms with van der Waals surface area (Å²) in [5.41, 5.74) is 2.29. The van der Waals surface area contributed by atoms with Gasteiger partial charge in [-0.2, -0.15) is 0 Å². The molecule has 0 fully saturated rings. The number of ether oxygens (including phenoxy) is 1. The number of aromatic nitrogens is 2. The highest BCUT2D eigenvalue weighted by Crippen LogP contribution is 2.23. The minimum atomic E-state index is -0.398.